The van der Waals surface area contributed by atoms with Gasteiger partial charge in [0, 0.05) is 50.2 Å². The predicted molar refractivity (Wildman–Crippen MR) is 102 cm³/mol. The van der Waals surface area contributed by atoms with Gasteiger partial charge in [-0.3, -0.25) is 4.79 Å². The molecule has 0 radical (unpaired) electrons. The van der Waals surface area contributed by atoms with Gasteiger partial charge >= 0.3 is 0 Å². The highest BCUT2D eigenvalue weighted by Gasteiger charge is 2.15. The lowest BCUT2D eigenvalue weighted by Gasteiger charge is -2.28. The van der Waals surface area contributed by atoms with E-state index in [1.165, 1.54) is 0 Å². The van der Waals surface area contributed by atoms with Crippen LogP contribution in [0.5, 0.6) is 0 Å². The summed E-state index contributed by atoms with van der Waals surface area (Å²) >= 11 is 0. The number of nitrogens with zero attached hydrogens (tertiary/aromatic N) is 4. The Balaban J connectivity index is 1.68. The van der Waals surface area contributed by atoms with Crippen LogP contribution in [0.25, 0.3) is 0 Å². The molecule has 7 heteroatoms. The average Bonchev–Trinajstić information content (AvgIpc) is 2.66. The van der Waals surface area contributed by atoms with Crippen molar-refractivity contribution in [3.8, 4) is 0 Å². The van der Waals surface area contributed by atoms with Gasteiger partial charge in [0.25, 0.3) is 5.91 Å². The van der Waals surface area contributed by atoms with Gasteiger partial charge in [-0.2, -0.15) is 0 Å². The average molecular weight is 355 g/mol. The highest BCUT2D eigenvalue weighted by Crippen LogP contribution is 2.15. The molecule has 0 unspecified atom stereocenters. The van der Waals surface area contributed by atoms with Gasteiger partial charge in [-0.1, -0.05) is 6.07 Å². The summed E-state index contributed by atoms with van der Waals surface area (Å²) in [5.41, 5.74) is 2.50. The third-order valence-electron chi connectivity index (χ3n) is 4.25. The van der Waals surface area contributed by atoms with E-state index in [1.54, 1.807) is 6.07 Å². The molecule has 0 spiro atoms. The van der Waals surface area contributed by atoms with E-state index in [0.717, 1.165) is 30.3 Å². The SMILES string of the molecule is Cc1cc(N2CCOCC2)nc(CNC(=O)c2cccc(N(C)C)c2)n1. The predicted octanol–water partition coefficient (Wildman–Crippen LogP) is 1.62. The molecule has 26 heavy (non-hydrogen) atoms. The topological polar surface area (TPSA) is 70.6 Å². The van der Waals surface area contributed by atoms with Crippen molar-refractivity contribution < 1.29 is 9.53 Å². The summed E-state index contributed by atoms with van der Waals surface area (Å²) in [6.45, 7) is 5.29. The minimum Gasteiger partial charge on any atom is -0.378 e. The summed E-state index contributed by atoms with van der Waals surface area (Å²) in [6, 6.07) is 9.49. The number of benzene rings is 1. The van der Waals surface area contributed by atoms with Crippen LogP contribution in [-0.2, 0) is 11.3 Å². The summed E-state index contributed by atoms with van der Waals surface area (Å²) in [6.07, 6.45) is 0. The normalized spacial score (nSPS) is 14.2. The molecule has 1 fully saturated rings. The lowest BCUT2D eigenvalue weighted by molar-refractivity contribution is 0.0950. The van der Waals surface area contributed by atoms with Crippen LogP contribution in [0.2, 0.25) is 0 Å². The van der Waals surface area contributed by atoms with Crippen molar-refractivity contribution in [3.05, 3.63) is 47.4 Å². The Morgan fingerprint density at radius 1 is 1.23 bits per heavy atom. The quantitative estimate of drug-likeness (QED) is 0.879. The molecule has 1 amide bonds. The Hall–Kier alpha value is -2.67. The van der Waals surface area contributed by atoms with E-state index < -0.39 is 0 Å². The van der Waals surface area contributed by atoms with E-state index in [4.69, 9.17) is 4.74 Å². The molecule has 0 bridgehead atoms. The van der Waals surface area contributed by atoms with Gasteiger partial charge in [0.1, 0.15) is 11.6 Å². The number of carbonyl (C=O) groups is 1. The summed E-state index contributed by atoms with van der Waals surface area (Å²) in [5, 5.41) is 2.91. The van der Waals surface area contributed by atoms with Crippen LogP contribution in [0.4, 0.5) is 11.5 Å². The van der Waals surface area contributed by atoms with Crippen molar-refractivity contribution in [3.63, 3.8) is 0 Å². The van der Waals surface area contributed by atoms with Crippen LogP contribution in [-0.4, -0.2) is 56.3 Å². The lowest BCUT2D eigenvalue weighted by Crippen LogP contribution is -2.37. The van der Waals surface area contributed by atoms with E-state index in [-0.39, 0.29) is 5.91 Å². The first kappa shape index (κ1) is 18.1. The van der Waals surface area contributed by atoms with Crippen molar-refractivity contribution in [2.24, 2.45) is 0 Å². The first-order valence-corrected chi connectivity index (χ1v) is 8.76. The number of amides is 1. The largest absolute Gasteiger partial charge is 0.378 e. The first-order valence-electron chi connectivity index (χ1n) is 8.76. The molecule has 3 rings (SSSR count). The molecule has 1 aromatic carbocycles. The number of hydrogen-bond donors (Lipinski definition) is 1. The zero-order valence-electron chi connectivity index (χ0n) is 15.5. The molecule has 1 saturated heterocycles. The van der Waals surface area contributed by atoms with E-state index in [1.807, 2.05) is 50.2 Å². The van der Waals surface area contributed by atoms with Crippen LogP contribution >= 0.6 is 0 Å². The van der Waals surface area contributed by atoms with E-state index in [0.29, 0.717) is 31.1 Å². The van der Waals surface area contributed by atoms with Crippen LogP contribution in [0.3, 0.4) is 0 Å². The molecule has 7 nitrogen and oxygen atoms in total. The number of aryl methyl sites for hydroxylation is 1. The van der Waals surface area contributed by atoms with Crippen LogP contribution in [0.1, 0.15) is 21.9 Å². The Morgan fingerprint density at radius 3 is 2.73 bits per heavy atom. The van der Waals surface area contributed by atoms with Gasteiger partial charge in [0.15, 0.2) is 0 Å². The van der Waals surface area contributed by atoms with E-state index in [9.17, 15) is 4.79 Å². The number of carbonyl (C=O) groups excluding carboxylic acids is 1. The molecule has 0 saturated carbocycles. The van der Waals surface area contributed by atoms with Crippen molar-refractivity contribution >= 4 is 17.4 Å². The van der Waals surface area contributed by atoms with Crippen LogP contribution < -0.4 is 15.1 Å². The highest BCUT2D eigenvalue weighted by molar-refractivity contribution is 5.95. The zero-order chi connectivity index (χ0) is 18.5. The standard InChI is InChI=1S/C19H25N5O2/c1-14-11-18(24-7-9-26-10-8-24)22-17(21-14)13-20-19(25)15-5-4-6-16(12-15)23(2)3/h4-6,11-12H,7-10,13H2,1-3H3,(H,20,25). The van der Waals surface area contributed by atoms with Crippen molar-refractivity contribution in [1.29, 1.82) is 0 Å². The minimum atomic E-state index is -0.133. The van der Waals surface area contributed by atoms with Crippen LogP contribution in [0, 0.1) is 6.92 Å². The molecule has 2 heterocycles. The van der Waals surface area contributed by atoms with Gasteiger partial charge in [0.2, 0.25) is 0 Å². The molecule has 0 atom stereocenters. The van der Waals surface area contributed by atoms with Crippen molar-refractivity contribution in [1.82, 2.24) is 15.3 Å². The second-order valence-corrected chi connectivity index (χ2v) is 6.51. The number of aromatic nitrogens is 2. The minimum absolute atomic E-state index is 0.133. The lowest BCUT2D eigenvalue weighted by atomic mass is 10.2. The van der Waals surface area contributed by atoms with Gasteiger partial charge in [-0.05, 0) is 25.1 Å². The third-order valence-corrected chi connectivity index (χ3v) is 4.25. The summed E-state index contributed by atoms with van der Waals surface area (Å²) < 4.78 is 5.39. The van der Waals surface area contributed by atoms with Gasteiger partial charge in [0.05, 0.1) is 19.8 Å². The Labute approximate surface area is 154 Å². The number of anilines is 2. The van der Waals surface area contributed by atoms with E-state index in [2.05, 4.69) is 20.2 Å². The molecule has 1 aromatic heterocycles. The highest BCUT2D eigenvalue weighted by atomic mass is 16.5. The fourth-order valence-electron chi connectivity index (χ4n) is 2.83. The number of rotatable bonds is 5. The fraction of sp³-hybridized carbons (Fsp3) is 0.421. The Bertz CT molecular complexity index is 772. The molecule has 1 aliphatic rings. The van der Waals surface area contributed by atoms with Gasteiger partial charge in [-0.15, -0.1) is 0 Å². The smallest absolute Gasteiger partial charge is 0.251 e. The molecule has 2 aromatic rings. The maximum absolute atomic E-state index is 12.5. The second-order valence-electron chi connectivity index (χ2n) is 6.51. The van der Waals surface area contributed by atoms with Gasteiger partial charge < -0.3 is 19.9 Å². The summed E-state index contributed by atoms with van der Waals surface area (Å²) in [7, 11) is 3.90. The van der Waals surface area contributed by atoms with Crippen molar-refractivity contribution in [2.45, 2.75) is 13.5 Å². The molecule has 1 N–H and O–H groups in total. The fourth-order valence-corrected chi connectivity index (χ4v) is 2.83. The molecule has 0 aliphatic carbocycles. The number of morpholine rings is 1. The first-order chi connectivity index (χ1) is 12.5. The van der Waals surface area contributed by atoms with Gasteiger partial charge in [-0.25, -0.2) is 9.97 Å². The summed E-state index contributed by atoms with van der Waals surface area (Å²) in [4.78, 5) is 25.7. The van der Waals surface area contributed by atoms with Crippen LogP contribution in [0.15, 0.2) is 30.3 Å². The number of ether oxygens (including phenoxy) is 1. The maximum atomic E-state index is 12.5. The number of nitrogens with one attached hydrogen (secondary N) is 1. The molecular weight excluding hydrogens is 330 g/mol. The Kier molecular flexibility index (Phi) is 5.68. The molecule has 138 valence electrons. The summed E-state index contributed by atoms with van der Waals surface area (Å²) in [5.74, 6) is 1.37. The maximum Gasteiger partial charge on any atom is 0.251 e. The monoisotopic (exact) mass is 355 g/mol. The molecule has 1 aliphatic heterocycles. The third kappa shape index (κ3) is 4.49. The van der Waals surface area contributed by atoms with Crippen molar-refractivity contribution in [2.75, 3.05) is 50.2 Å². The zero-order valence-corrected chi connectivity index (χ0v) is 15.5. The van der Waals surface area contributed by atoms with E-state index >= 15 is 0 Å². The Morgan fingerprint density at radius 2 is 2.00 bits per heavy atom. The number of hydrogen-bond acceptors (Lipinski definition) is 6. The second kappa shape index (κ2) is 8.14. The molecular formula is C19H25N5O2.